The van der Waals surface area contributed by atoms with E-state index in [-0.39, 0.29) is 17.9 Å². The summed E-state index contributed by atoms with van der Waals surface area (Å²) < 4.78 is 4.98. The molecule has 2 heterocycles. The molecular weight excluding hydrogens is 296 g/mol. The zero-order valence-corrected chi connectivity index (χ0v) is 14.2. The SMILES string of the molecule is CCN(CC)C(=O)C1CCCN(C(=O)NCc2cc(C)on2)C1. The lowest BCUT2D eigenvalue weighted by atomic mass is 9.96. The molecule has 1 saturated heterocycles. The minimum atomic E-state index is -0.150. The zero-order chi connectivity index (χ0) is 16.8. The van der Waals surface area contributed by atoms with Crippen molar-refractivity contribution in [1.82, 2.24) is 20.3 Å². The van der Waals surface area contributed by atoms with Crippen LogP contribution in [0.25, 0.3) is 0 Å². The molecule has 0 spiro atoms. The Morgan fingerprint density at radius 3 is 2.78 bits per heavy atom. The minimum Gasteiger partial charge on any atom is -0.361 e. The fourth-order valence-corrected chi connectivity index (χ4v) is 2.94. The summed E-state index contributed by atoms with van der Waals surface area (Å²) in [7, 11) is 0. The third kappa shape index (κ3) is 4.46. The second-order valence-electron chi connectivity index (χ2n) is 5.88. The van der Waals surface area contributed by atoms with Crippen LogP contribution in [-0.2, 0) is 11.3 Å². The number of piperidine rings is 1. The minimum absolute atomic E-state index is 0.0938. The van der Waals surface area contributed by atoms with E-state index in [1.54, 1.807) is 11.0 Å². The Bertz CT molecular complexity index is 539. The number of hydrogen-bond acceptors (Lipinski definition) is 4. The predicted molar refractivity (Wildman–Crippen MR) is 85.7 cm³/mol. The summed E-state index contributed by atoms with van der Waals surface area (Å²) in [5, 5.41) is 6.69. The Morgan fingerprint density at radius 1 is 1.43 bits per heavy atom. The molecule has 0 aromatic carbocycles. The first-order valence-corrected chi connectivity index (χ1v) is 8.28. The van der Waals surface area contributed by atoms with Crippen molar-refractivity contribution < 1.29 is 14.1 Å². The van der Waals surface area contributed by atoms with Crippen molar-refractivity contribution in [3.8, 4) is 0 Å². The van der Waals surface area contributed by atoms with Gasteiger partial charge in [-0.2, -0.15) is 0 Å². The summed E-state index contributed by atoms with van der Waals surface area (Å²) in [5.74, 6) is 0.778. The van der Waals surface area contributed by atoms with Crippen molar-refractivity contribution in [3.05, 3.63) is 17.5 Å². The highest BCUT2D eigenvalue weighted by atomic mass is 16.5. The highest BCUT2D eigenvalue weighted by molar-refractivity contribution is 5.81. The lowest BCUT2D eigenvalue weighted by molar-refractivity contribution is -0.136. The zero-order valence-electron chi connectivity index (χ0n) is 14.2. The topological polar surface area (TPSA) is 78.7 Å². The normalized spacial score (nSPS) is 17.9. The van der Waals surface area contributed by atoms with Gasteiger partial charge in [0.15, 0.2) is 0 Å². The van der Waals surface area contributed by atoms with Crippen LogP contribution in [0.2, 0.25) is 0 Å². The van der Waals surface area contributed by atoms with E-state index in [2.05, 4.69) is 10.5 Å². The first-order chi connectivity index (χ1) is 11.0. The van der Waals surface area contributed by atoms with Crippen molar-refractivity contribution in [3.63, 3.8) is 0 Å². The maximum absolute atomic E-state index is 12.5. The quantitative estimate of drug-likeness (QED) is 0.896. The van der Waals surface area contributed by atoms with Crippen LogP contribution in [0.3, 0.4) is 0 Å². The van der Waals surface area contributed by atoms with Gasteiger partial charge in [0.1, 0.15) is 11.5 Å². The maximum Gasteiger partial charge on any atom is 0.317 e. The second-order valence-corrected chi connectivity index (χ2v) is 5.88. The molecule has 1 aliphatic heterocycles. The highest BCUT2D eigenvalue weighted by Crippen LogP contribution is 2.19. The average Bonchev–Trinajstić information content (AvgIpc) is 2.99. The lowest BCUT2D eigenvalue weighted by Gasteiger charge is -2.34. The van der Waals surface area contributed by atoms with Gasteiger partial charge in [-0.3, -0.25) is 4.79 Å². The summed E-state index contributed by atoms with van der Waals surface area (Å²) in [6.07, 6.45) is 1.70. The molecule has 1 unspecified atom stereocenters. The number of rotatable bonds is 5. The fourth-order valence-electron chi connectivity index (χ4n) is 2.94. The van der Waals surface area contributed by atoms with E-state index >= 15 is 0 Å². The van der Waals surface area contributed by atoms with E-state index < -0.39 is 0 Å². The Balaban J connectivity index is 1.87. The van der Waals surface area contributed by atoms with Gasteiger partial charge in [-0.05, 0) is 33.6 Å². The lowest BCUT2D eigenvalue weighted by Crippen LogP contribution is -2.49. The van der Waals surface area contributed by atoms with Crippen LogP contribution < -0.4 is 5.32 Å². The summed E-state index contributed by atoms with van der Waals surface area (Å²) in [4.78, 5) is 28.3. The van der Waals surface area contributed by atoms with Gasteiger partial charge in [0.25, 0.3) is 0 Å². The van der Waals surface area contributed by atoms with Gasteiger partial charge in [-0.25, -0.2) is 4.79 Å². The number of carbonyl (C=O) groups is 2. The summed E-state index contributed by atoms with van der Waals surface area (Å²) in [6, 6.07) is 1.64. The molecule has 0 aliphatic carbocycles. The number of aryl methyl sites for hydroxylation is 1. The largest absolute Gasteiger partial charge is 0.361 e. The molecule has 128 valence electrons. The van der Waals surface area contributed by atoms with Gasteiger partial charge in [0, 0.05) is 32.2 Å². The monoisotopic (exact) mass is 322 g/mol. The van der Waals surface area contributed by atoms with Crippen LogP contribution >= 0.6 is 0 Å². The molecule has 1 N–H and O–H groups in total. The summed E-state index contributed by atoms with van der Waals surface area (Å²) in [5.41, 5.74) is 0.698. The second kappa shape index (κ2) is 7.99. The van der Waals surface area contributed by atoms with Crippen molar-refractivity contribution in [1.29, 1.82) is 0 Å². The summed E-state index contributed by atoms with van der Waals surface area (Å²) in [6.45, 7) is 8.70. The molecule has 23 heavy (non-hydrogen) atoms. The van der Waals surface area contributed by atoms with Crippen LogP contribution in [0, 0.1) is 12.8 Å². The molecule has 1 aromatic rings. The van der Waals surface area contributed by atoms with E-state index in [1.165, 1.54) is 0 Å². The molecule has 7 nitrogen and oxygen atoms in total. The number of urea groups is 1. The van der Waals surface area contributed by atoms with Crippen LogP contribution in [0.4, 0.5) is 4.79 Å². The van der Waals surface area contributed by atoms with E-state index in [1.807, 2.05) is 25.7 Å². The first-order valence-electron chi connectivity index (χ1n) is 8.28. The number of aromatic nitrogens is 1. The number of nitrogens with one attached hydrogen (secondary N) is 1. The predicted octanol–water partition coefficient (Wildman–Crippen LogP) is 1.77. The highest BCUT2D eigenvalue weighted by Gasteiger charge is 2.30. The molecule has 0 bridgehead atoms. The molecule has 1 aromatic heterocycles. The van der Waals surface area contributed by atoms with Crippen LogP contribution in [-0.4, -0.2) is 53.1 Å². The van der Waals surface area contributed by atoms with Crippen LogP contribution in [0.5, 0.6) is 0 Å². The van der Waals surface area contributed by atoms with Gasteiger partial charge in [-0.1, -0.05) is 5.16 Å². The number of likely N-dealkylation sites (tertiary alicyclic amines) is 1. The molecule has 0 saturated carbocycles. The third-order valence-electron chi connectivity index (χ3n) is 4.23. The van der Waals surface area contributed by atoms with Crippen molar-refractivity contribution in [2.75, 3.05) is 26.2 Å². The van der Waals surface area contributed by atoms with Gasteiger partial charge in [0.05, 0.1) is 12.5 Å². The Kier molecular flexibility index (Phi) is 6.01. The van der Waals surface area contributed by atoms with Gasteiger partial charge >= 0.3 is 6.03 Å². The number of amides is 3. The third-order valence-corrected chi connectivity index (χ3v) is 4.23. The first kappa shape index (κ1) is 17.3. The van der Waals surface area contributed by atoms with Crippen LogP contribution in [0.1, 0.15) is 38.1 Å². The molecular formula is C16H26N4O3. The smallest absolute Gasteiger partial charge is 0.317 e. The summed E-state index contributed by atoms with van der Waals surface area (Å²) >= 11 is 0. The van der Waals surface area contributed by atoms with Gasteiger partial charge in [-0.15, -0.1) is 0 Å². The van der Waals surface area contributed by atoms with E-state index in [4.69, 9.17) is 4.52 Å². The van der Waals surface area contributed by atoms with Crippen molar-refractivity contribution in [2.24, 2.45) is 5.92 Å². The molecule has 3 amide bonds. The number of hydrogen-bond donors (Lipinski definition) is 1. The Morgan fingerprint density at radius 2 is 2.17 bits per heavy atom. The van der Waals surface area contributed by atoms with E-state index in [0.717, 1.165) is 18.6 Å². The molecule has 7 heteroatoms. The molecule has 1 fully saturated rings. The number of carbonyl (C=O) groups excluding carboxylic acids is 2. The molecule has 0 radical (unpaired) electrons. The Hall–Kier alpha value is -2.05. The van der Waals surface area contributed by atoms with Crippen molar-refractivity contribution in [2.45, 2.75) is 40.2 Å². The molecule has 1 aliphatic rings. The van der Waals surface area contributed by atoms with Crippen LogP contribution in [0.15, 0.2) is 10.6 Å². The Labute approximate surface area is 137 Å². The molecule has 2 rings (SSSR count). The van der Waals surface area contributed by atoms with Gasteiger partial charge < -0.3 is 19.6 Å². The molecule has 1 atom stereocenters. The van der Waals surface area contributed by atoms with Crippen molar-refractivity contribution >= 4 is 11.9 Å². The maximum atomic E-state index is 12.5. The number of nitrogens with zero attached hydrogens (tertiary/aromatic N) is 3. The average molecular weight is 322 g/mol. The van der Waals surface area contributed by atoms with Gasteiger partial charge in [0.2, 0.25) is 5.91 Å². The standard InChI is InChI=1S/C16H26N4O3/c1-4-19(5-2)15(21)13-7-6-8-20(11-13)16(22)17-10-14-9-12(3)23-18-14/h9,13H,4-8,10-11H2,1-3H3,(H,17,22). The fraction of sp³-hybridized carbons (Fsp3) is 0.688. The van der Waals surface area contributed by atoms with E-state index in [9.17, 15) is 9.59 Å². The van der Waals surface area contributed by atoms with E-state index in [0.29, 0.717) is 38.4 Å².